The van der Waals surface area contributed by atoms with Crippen LogP contribution in [-0.4, -0.2) is 19.0 Å². The van der Waals surface area contributed by atoms with E-state index in [4.69, 9.17) is 5.73 Å². The van der Waals surface area contributed by atoms with Gasteiger partial charge in [0.1, 0.15) is 0 Å². The lowest BCUT2D eigenvalue weighted by atomic mass is 10.3. The van der Waals surface area contributed by atoms with Gasteiger partial charge in [0.15, 0.2) is 0 Å². The van der Waals surface area contributed by atoms with E-state index in [1.807, 2.05) is 0 Å². The van der Waals surface area contributed by atoms with Crippen molar-refractivity contribution in [1.82, 2.24) is 4.90 Å². The molecule has 0 unspecified atom stereocenters. The molecule has 2 N–H and O–H groups in total. The van der Waals surface area contributed by atoms with E-state index in [1.165, 1.54) is 10.4 Å². The highest BCUT2D eigenvalue weighted by molar-refractivity contribution is 7.10. The van der Waals surface area contributed by atoms with E-state index in [0.29, 0.717) is 6.54 Å². The molecule has 2 nitrogen and oxygen atoms in total. The molecule has 0 amide bonds. The first-order valence-corrected chi connectivity index (χ1v) is 4.51. The smallest absolute Gasteiger partial charge is 0.0321 e. The lowest BCUT2D eigenvalue weighted by Gasteiger charge is -2.05. The molecule has 0 bridgehead atoms. The molecule has 0 aliphatic carbocycles. The van der Waals surface area contributed by atoms with Gasteiger partial charge in [0, 0.05) is 18.0 Å². The summed E-state index contributed by atoms with van der Waals surface area (Å²) < 4.78 is 0. The fourth-order valence-electron chi connectivity index (χ4n) is 0.928. The largest absolute Gasteiger partial charge is 0.326 e. The Morgan fingerprint density at radius 1 is 1.55 bits per heavy atom. The van der Waals surface area contributed by atoms with Gasteiger partial charge in [0.05, 0.1) is 0 Å². The zero-order chi connectivity index (χ0) is 8.27. The second-order valence-electron chi connectivity index (χ2n) is 2.86. The van der Waals surface area contributed by atoms with Crippen LogP contribution in [0, 0.1) is 0 Å². The quantitative estimate of drug-likeness (QED) is 0.740. The molecule has 1 aromatic rings. The maximum absolute atomic E-state index is 5.49. The minimum absolute atomic E-state index is 0.657. The van der Waals surface area contributed by atoms with Gasteiger partial charge >= 0.3 is 0 Å². The third-order valence-electron chi connectivity index (χ3n) is 1.42. The monoisotopic (exact) mass is 170 g/mol. The number of hydrogen-bond donors (Lipinski definition) is 1. The Morgan fingerprint density at radius 3 is 2.73 bits per heavy atom. The van der Waals surface area contributed by atoms with Crippen molar-refractivity contribution in [3.8, 4) is 0 Å². The number of hydrogen-bond acceptors (Lipinski definition) is 3. The summed E-state index contributed by atoms with van der Waals surface area (Å²) in [4.78, 5) is 3.54. The maximum atomic E-state index is 5.49. The van der Waals surface area contributed by atoms with Crippen molar-refractivity contribution in [1.29, 1.82) is 0 Å². The summed E-state index contributed by atoms with van der Waals surface area (Å²) in [5, 5.41) is 2.12. The molecule has 0 saturated carbocycles. The average molecular weight is 170 g/mol. The fraction of sp³-hybridized carbons (Fsp3) is 0.500. The molecule has 0 aromatic carbocycles. The normalized spacial score (nSPS) is 10.9. The first kappa shape index (κ1) is 8.71. The van der Waals surface area contributed by atoms with Crippen LogP contribution in [-0.2, 0) is 13.1 Å². The van der Waals surface area contributed by atoms with E-state index in [0.717, 1.165) is 6.54 Å². The zero-order valence-corrected chi connectivity index (χ0v) is 7.82. The van der Waals surface area contributed by atoms with E-state index in [-0.39, 0.29) is 0 Å². The van der Waals surface area contributed by atoms with E-state index in [9.17, 15) is 0 Å². The second-order valence-corrected chi connectivity index (χ2v) is 3.86. The van der Waals surface area contributed by atoms with Gasteiger partial charge in [-0.05, 0) is 31.1 Å². The van der Waals surface area contributed by atoms with Crippen LogP contribution in [0.2, 0.25) is 0 Å². The molecule has 0 spiro atoms. The van der Waals surface area contributed by atoms with E-state index in [1.54, 1.807) is 11.3 Å². The lowest BCUT2D eigenvalue weighted by molar-refractivity contribution is 0.406. The first-order chi connectivity index (χ1) is 5.22. The Bertz CT molecular complexity index is 218. The minimum Gasteiger partial charge on any atom is -0.326 e. The molecular weight excluding hydrogens is 156 g/mol. The van der Waals surface area contributed by atoms with E-state index < -0.39 is 0 Å². The van der Waals surface area contributed by atoms with Gasteiger partial charge in [-0.3, -0.25) is 0 Å². The molecule has 0 aliphatic heterocycles. The Labute approximate surface area is 71.6 Å². The number of thiophene rings is 1. The van der Waals surface area contributed by atoms with Crippen LogP contribution < -0.4 is 5.73 Å². The predicted molar refractivity (Wildman–Crippen MR) is 49.6 cm³/mol. The number of nitrogens with zero attached hydrogens (tertiary/aromatic N) is 1. The molecular formula is C8H14N2S. The van der Waals surface area contributed by atoms with Crippen LogP contribution in [0.3, 0.4) is 0 Å². The lowest BCUT2D eigenvalue weighted by Crippen LogP contribution is -2.09. The highest BCUT2D eigenvalue weighted by atomic mass is 32.1. The highest BCUT2D eigenvalue weighted by Crippen LogP contribution is 2.14. The molecule has 0 radical (unpaired) electrons. The van der Waals surface area contributed by atoms with E-state index in [2.05, 4.69) is 30.4 Å². The highest BCUT2D eigenvalue weighted by Gasteiger charge is 1.98. The Balaban J connectivity index is 2.58. The standard InChI is InChI=1S/C8H14N2S/c1-10(2)5-8-3-7(4-9)6-11-8/h3,6H,4-5,9H2,1-2H3. The third kappa shape index (κ3) is 2.61. The Hall–Kier alpha value is -0.380. The molecule has 62 valence electrons. The SMILES string of the molecule is CN(C)Cc1cc(CN)cs1. The molecule has 0 fully saturated rings. The summed E-state index contributed by atoms with van der Waals surface area (Å²) in [5.41, 5.74) is 6.73. The zero-order valence-electron chi connectivity index (χ0n) is 7.00. The Morgan fingerprint density at radius 2 is 2.27 bits per heavy atom. The van der Waals surface area contributed by atoms with Crippen LogP contribution in [0.1, 0.15) is 10.4 Å². The molecule has 0 atom stereocenters. The van der Waals surface area contributed by atoms with Crippen LogP contribution in [0.4, 0.5) is 0 Å². The van der Waals surface area contributed by atoms with Gasteiger partial charge < -0.3 is 10.6 Å². The molecule has 3 heteroatoms. The second kappa shape index (κ2) is 3.85. The van der Waals surface area contributed by atoms with Gasteiger partial charge in [-0.15, -0.1) is 11.3 Å². The number of nitrogens with two attached hydrogens (primary N) is 1. The first-order valence-electron chi connectivity index (χ1n) is 3.63. The van der Waals surface area contributed by atoms with Crippen molar-refractivity contribution < 1.29 is 0 Å². The van der Waals surface area contributed by atoms with Crippen LogP contribution >= 0.6 is 11.3 Å². The summed E-state index contributed by atoms with van der Waals surface area (Å²) >= 11 is 1.78. The maximum Gasteiger partial charge on any atom is 0.0321 e. The molecule has 1 aromatic heterocycles. The molecule has 0 aliphatic rings. The van der Waals surface area contributed by atoms with E-state index >= 15 is 0 Å². The van der Waals surface area contributed by atoms with Gasteiger partial charge in [-0.1, -0.05) is 0 Å². The summed E-state index contributed by atoms with van der Waals surface area (Å²) in [6.07, 6.45) is 0. The number of rotatable bonds is 3. The Kier molecular flexibility index (Phi) is 3.05. The van der Waals surface area contributed by atoms with Crippen molar-refractivity contribution in [2.75, 3.05) is 14.1 Å². The summed E-state index contributed by atoms with van der Waals surface area (Å²) in [7, 11) is 4.14. The van der Waals surface area contributed by atoms with Crippen LogP contribution in [0.5, 0.6) is 0 Å². The van der Waals surface area contributed by atoms with Crippen molar-refractivity contribution in [2.45, 2.75) is 13.1 Å². The third-order valence-corrected chi connectivity index (χ3v) is 2.39. The molecule has 1 rings (SSSR count). The fourth-order valence-corrected chi connectivity index (χ4v) is 1.95. The van der Waals surface area contributed by atoms with Crippen molar-refractivity contribution >= 4 is 11.3 Å². The summed E-state index contributed by atoms with van der Waals surface area (Å²) in [6.45, 7) is 1.68. The van der Waals surface area contributed by atoms with Gasteiger partial charge in [-0.25, -0.2) is 0 Å². The van der Waals surface area contributed by atoms with Gasteiger partial charge in [-0.2, -0.15) is 0 Å². The van der Waals surface area contributed by atoms with Crippen molar-refractivity contribution in [3.63, 3.8) is 0 Å². The summed E-state index contributed by atoms with van der Waals surface area (Å²) in [6, 6.07) is 2.17. The van der Waals surface area contributed by atoms with Crippen LogP contribution in [0.25, 0.3) is 0 Å². The molecule has 1 heterocycles. The minimum atomic E-state index is 0.657. The van der Waals surface area contributed by atoms with Gasteiger partial charge in [0.25, 0.3) is 0 Å². The topological polar surface area (TPSA) is 29.3 Å². The molecule has 11 heavy (non-hydrogen) atoms. The predicted octanol–water partition coefficient (Wildman–Crippen LogP) is 1.27. The van der Waals surface area contributed by atoms with Crippen molar-refractivity contribution in [3.05, 3.63) is 21.9 Å². The average Bonchev–Trinajstić information content (AvgIpc) is 2.34. The molecule has 0 saturated heterocycles. The van der Waals surface area contributed by atoms with Crippen LogP contribution in [0.15, 0.2) is 11.4 Å². The van der Waals surface area contributed by atoms with Gasteiger partial charge in [0.2, 0.25) is 0 Å². The van der Waals surface area contributed by atoms with Crippen molar-refractivity contribution in [2.24, 2.45) is 5.73 Å². The summed E-state index contributed by atoms with van der Waals surface area (Å²) in [5.74, 6) is 0.